The number of likely N-dealkylation sites (N-methyl/N-ethyl adjacent to an activating group) is 1. The van der Waals surface area contributed by atoms with Gasteiger partial charge in [-0.2, -0.15) is 0 Å². The molecule has 1 rings (SSSR count). The van der Waals surface area contributed by atoms with E-state index < -0.39 is 0 Å². The lowest BCUT2D eigenvalue weighted by Crippen LogP contribution is -2.13. The van der Waals surface area contributed by atoms with Crippen molar-refractivity contribution >= 4 is 0 Å². The fraction of sp³-hybridized carbons (Fsp3) is 0.714. The molecule has 0 radical (unpaired) electrons. The van der Waals surface area contributed by atoms with Crippen molar-refractivity contribution in [3.05, 3.63) is 12.2 Å². The Kier molecular flexibility index (Phi) is 1.88. The quantitative estimate of drug-likeness (QED) is 0.527. The molecule has 0 bridgehead atoms. The molecular formula is C7H14N2. The van der Waals surface area contributed by atoms with Gasteiger partial charge >= 0.3 is 0 Å². The molecule has 1 aliphatic rings. The lowest BCUT2D eigenvalue weighted by Gasteiger charge is -2.00. The first-order chi connectivity index (χ1) is 4.25. The van der Waals surface area contributed by atoms with Crippen LogP contribution in [0.5, 0.6) is 0 Å². The van der Waals surface area contributed by atoms with Crippen molar-refractivity contribution in [2.24, 2.45) is 11.7 Å². The van der Waals surface area contributed by atoms with Gasteiger partial charge in [-0.1, -0.05) is 12.2 Å². The molecule has 2 unspecified atom stereocenters. The third-order valence-electron chi connectivity index (χ3n) is 1.77. The number of hydrogen-bond acceptors (Lipinski definition) is 2. The largest absolute Gasteiger partial charge is 0.327 e. The first-order valence-electron chi connectivity index (χ1n) is 3.33. The van der Waals surface area contributed by atoms with Gasteiger partial charge in [0.1, 0.15) is 0 Å². The van der Waals surface area contributed by atoms with Crippen LogP contribution in [-0.4, -0.2) is 19.6 Å². The summed E-state index contributed by atoms with van der Waals surface area (Å²) >= 11 is 0. The minimum atomic E-state index is 0.408. The predicted molar refractivity (Wildman–Crippen MR) is 39.1 cm³/mol. The lowest BCUT2D eigenvalue weighted by atomic mass is 10.2. The average molecular weight is 126 g/mol. The number of rotatable bonds is 3. The van der Waals surface area contributed by atoms with Crippen LogP contribution in [0, 0.1) is 5.92 Å². The predicted octanol–water partition coefficient (Wildman–Crippen LogP) is 0.109. The summed E-state index contributed by atoms with van der Waals surface area (Å²) in [6.07, 6.45) is 1.14. The number of nitrogens with two attached hydrogens (primary N) is 1. The van der Waals surface area contributed by atoms with E-state index in [0.29, 0.717) is 12.0 Å². The zero-order valence-corrected chi connectivity index (χ0v) is 5.85. The summed E-state index contributed by atoms with van der Waals surface area (Å²) in [6, 6.07) is 0.408. The molecule has 0 aromatic heterocycles. The van der Waals surface area contributed by atoms with Gasteiger partial charge in [-0.3, -0.25) is 0 Å². The Morgan fingerprint density at radius 2 is 2.44 bits per heavy atom. The average Bonchev–Trinajstić information content (AvgIpc) is 2.47. The van der Waals surface area contributed by atoms with E-state index in [0.717, 1.165) is 13.0 Å². The number of nitrogens with one attached hydrogen (secondary N) is 1. The van der Waals surface area contributed by atoms with Gasteiger partial charge in [0.05, 0.1) is 0 Å². The summed E-state index contributed by atoms with van der Waals surface area (Å²) in [5, 5.41) is 3.05. The second kappa shape index (κ2) is 2.50. The molecule has 2 nitrogen and oxygen atoms in total. The van der Waals surface area contributed by atoms with Gasteiger partial charge in [0.2, 0.25) is 0 Å². The molecule has 0 heterocycles. The molecule has 52 valence electrons. The smallest absolute Gasteiger partial charge is 0.0162 e. The van der Waals surface area contributed by atoms with Crippen molar-refractivity contribution in [2.75, 3.05) is 13.6 Å². The molecule has 2 heteroatoms. The van der Waals surface area contributed by atoms with Crippen LogP contribution in [0.3, 0.4) is 0 Å². The Labute approximate surface area is 56.1 Å². The van der Waals surface area contributed by atoms with E-state index in [2.05, 4.69) is 11.9 Å². The zero-order valence-electron chi connectivity index (χ0n) is 5.85. The maximum absolute atomic E-state index is 5.61. The van der Waals surface area contributed by atoms with Gasteiger partial charge in [0, 0.05) is 12.6 Å². The van der Waals surface area contributed by atoms with Gasteiger partial charge < -0.3 is 11.1 Å². The molecule has 0 aromatic rings. The summed E-state index contributed by atoms with van der Waals surface area (Å²) in [6.45, 7) is 4.83. The summed E-state index contributed by atoms with van der Waals surface area (Å²) in [7, 11) is 1.93. The van der Waals surface area contributed by atoms with Crippen LogP contribution in [0.25, 0.3) is 0 Å². The highest BCUT2D eigenvalue weighted by Crippen LogP contribution is 2.33. The van der Waals surface area contributed by atoms with Crippen molar-refractivity contribution in [1.29, 1.82) is 0 Å². The Morgan fingerprint density at radius 1 is 1.89 bits per heavy atom. The molecule has 0 aromatic carbocycles. The Hall–Kier alpha value is -0.340. The summed E-state index contributed by atoms with van der Waals surface area (Å²) in [5.74, 6) is 0.609. The highest BCUT2D eigenvalue weighted by Gasteiger charge is 2.34. The van der Waals surface area contributed by atoms with Crippen LogP contribution in [0.1, 0.15) is 6.42 Å². The molecule has 0 spiro atoms. The Morgan fingerprint density at radius 3 is 2.78 bits per heavy atom. The second-order valence-electron chi connectivity index (χ2n) is 2.69. The minimum absolute atomic E-state index is 0.408. The zero-order chi connectivity index (χ0) is 6.85. The molecule has 2 atom stereocenters. The van der Waals surface area contributed by atoms with Crippen molar-refractivity contribution < 1.29 is 0 Å². The van der Waals surface area contributed by atoms with Crippen LogP contribution < -0.4 is 11.1 Å². The van der Waals surface area contributed by atoms with E-state index in [1.165, 1.54) is 5.57 Å². The highest BCUT2D eigenvalue weighted by atomic mass is 14.8. The fourth-order valence-corrected chi connectivity index (χ4v) is 1.04. The monoisotopic (exact) mass is 126 g/mol. The third-order valence-corrected chi connectivity index (χ3v) is 1.77. The molecule has 1 fully saturated rings. The Balaban J connectivity index is 2.20. The minimum Gasteiger partial charge on any atom is -0.327 e. The van der Waals surface area contributed by atoms with Crippen molar-refractivity contribution in [2.45, 2.75) is 12.5 Å². The topological polar surface area (TPSA) is 38.0 Å². The van der Waals surface area contributed by atoms with Crippen LogP contribution in [-0.2, 0) is 0 Å². The SMILES string of the molecule is C=C(CNC)C1CC1N. The molecule has 3 N–H and O–H groups in total. The van der Waals surface area contributed by atoms with E-state index in [9.17, 15) is 0 Å². The standard InChI is InChI=1S/C7H14N2/c1-5(4-9-2)6-3-7(6)8/h6-7,9H,1,3-4,8H2,2H3. The van der Waals surface area contributed by atoms with Crippen LogP contribution in [0.2, 0.25) is 0 Å². The molecule has 0 saturated heterocycles. The van der Waals surface area contributed by atoms with E-state index in [4.69, 9.17) is 5.73 Å². The van der Waals surface area contributed by atoms with Gasteiger partial charge in [-0.05, 0) is 19.4 Å². The van der Waals surface area contributed by atoms with E-state index >= 15 is 0 Å². The van der Waals surface area contributed by atoms with Crippen LogP contribution >= 0.6 is 0 Å². The molecule has 1 saturated carbocycles. The van der Waals surface area contributed by atoms with Crippen LogP contribution in [0.4, 0.5) is 0 Å². The summed E-state index contributed by atoms with van der Waals surface area (Å²) < 4.78 is 0. The van der Waals surface area contributed by atoms with Gasteiger partial charge in [0.25, 0.3) is 0 Å². The molecule has 9 heavy (non-hydrogen) atoms. The first kappa shape index (κ1) is 6.78. The van der Waals surface area contributed by atoms with Crippen LogP contribution in [0.15, 0.2) is 12.2 Å². The molecule has 1 aliphatic carbocycles. The molecule has 0 amide bonds. The van der Waals surface area contributed by atoms with E-state index in [1.807, 2.05) is 7.05 Å². The number of hydrogen-bond donors (Lipinski definition) is 2. The fourth-order valence-electron chi connectivity index (χ4n) is 1.04. The molecule has 0 aliphatic heterocycles. The van der Waals surface area contributed by atoms with Gasteiger partial charge in [-0.15, -0.1) is 0 Å². The molecular weight excluding hydrogens is 112 g/mol. The first-order valence-corrected chi connectivity index (χ1v) is 3.33. The van der Waals surface area contributed by atoms with Crippen molar-refractivity contribution in [3.8, 4) is 0 Å². The maximum Gasteiger partial charge on any atom is 0.0162 e. The maximum atomic E-state index is 5.61. The lowest BCUT2D eigenvalue weighted by molar-refractivity contribution is 0.800. The van der Waals surface area contributed by atoms with Gasteiger partial charge in [-0.25, -0.2) is 0 Å². The summed E-state index contributed by atoms with van der Waals surface area (Å²) in [5.41, 5.74) is 6.86. The van der Waals surface area contributed by atoms with Crippen molar-refractivity contribution in [1.82, 2.24) is 5.32 Å². The third kappa shape index (κ3) is 1.53. The Bertz CT molecular complexity index is 120. The van der Waals surface area contributed by atoms with Crippen molar-refractivity contribution in [3.63, 3.8) is 0 Å². The van der Waals surface area contributed by atoms with Gasteiger partial charge in [0.15, 0.2) is 0 Å². The second-order valence-corrected chi connectivity index (χ2v) is 2.69. The van der Waals surface area contributed by atoms with E-state index in [-0.39, 0.29) is 0 Å². The van der Waals surface area contributed by atoms with E-state index in [1.54, 1.807) is 0 Å². The summed E-state index contributed by atoms with van der Waals surface area (Å²) in [4.78, 5) is 0. The normalized spacial score (nSPS) is 32.2. The highest BCUT2D eigenvalue weighted by molar-refractivity contribution is 5.15.